The minimum absolute atomic E-state index is 0.0734. The number of rotatable bonds is 8. The lowest BCUT2D eigenvalue weighted by Crippen LogP contribution is -2.21. The summed E-state index contributed by atoms with van der Waals surface area (Å²) in [4.78, 5) is 30.7. The van der Waals surface area contributed by atoms with Crippen LogP contribution in [-0.4, -0.2) is 58.8 Å². The maximum Gasteiger partial charge on any atom is 0.253 e. The SMILES string of the molecule is CN(C)C(=O)c1ccc(NC(=O)CSc2ncc(-c3ccccc3)n2CC2CCCO2)cc1. The van der Waals surface area contributed by atoms with Crippen molar-refractivity contribution in [1.82, 2.24) is 14.5 Å². The quantitative estimate of drug-likeness (QED) is 0.507. The lowest BCUT2D eigenvalue weighted by molar-refractivity contribution is -0.113. The first-order valence-electron chi connectivity index (χ1n) is 11.0. The zero-order valence-corrected chi connectivity index (χ0v) is 19.7. The van der Waals surface area contributed by atoms with Gasteiger partial charge in [0.25, 0.3) is 5.91 Å². The fraction of sp³-hybridized carbons (Fsp3) is 0.320. The Morgan fingerprint density at radius 2 is 1.91 bits per heavy atom. The van der Waals surface area contributed by atoms with Gasteiger partial charge in [-0.25, -0.2) is 4.98 Å². The molecule has 1 aliphatic rings. The predicted molar refractivity (Wildman–Crippen MR) is 130 cm³/mol. The van der Waals surface area contributed by atoms with E-state index in [-0.39, 0.29) is 23.7 Å². The summed E-state index contributed by atoms with van der Waals surface area (Å²) in [7, 11) is 3.42. The van der Waals surface area contributed by atoms with Crippen LogP contribution in [0.2, 0.25) is 0 Å². The molecule has 0 bridgehead atoms. The highest BCUT2D eigenvalue weighted by Crippen LogP contribution is 2.28. The van der Waals surface area contributed by atoms with Crippen molar-refractivity contribution in [3.05, 3.63) is 66.4 Å². The standard InChI is InChI=1S/C25H28N4O3S/c1-28(2)24(31)19-10-12-20(13-11-19)27-23(30)17-33-25-26-15-22(18-7-4-3-5-8-18)29(25)16-21-9-6-14-32-21/h3-5,7-8,10-13,15,21H,6,9,14,16-17H2,1-2H3,(H,27,30). The first-order chi connectivity index (χ1) is 16.0. The van der Waals surface area contributed by atoms with Crippen molar-refractivity contribution in [2.24, 2.45) is 0 Å². The van der Waals surface area contributed by atoms with Gasteiger partial charge in [0.2, 0.25) is 5.91 Å². The molecule has 1 N–H and O–H groups in total. The van der Waals surface area contributed by atoms with E-state index in [1.807, 2.05) is 24.4 Å². The van der Waals surface area contributed by atoms with Crippen molar-refractivity contribution in [3.63, 3.8) is 0 Å². The summed E-state index contributed by atoms with van der Waals surface area (Å²) in [6, 6.07) is 17.1. The molecule has 3 aromatic rings. The molecule has 1 fully saturated rings. The smallest absolute Gasteiger partial charge is 0.253 e. The summed E-state index contributed by atoms with van der Waals surface area (Å²) in [5.41, 5.74) is 3.35. The molecule has 0 radical (unpaired) electrons. The van der Waals surface area contributed by atoms with Crippen LogP contribution in [0.25, 0.3) is 11.3 Å². The molecule has 4 rings (SSSR count). The number of carbonyl (C=O) groups is 2. The van der Waals surface area contributed by atoms with E-state index in [0.29, 0.717) is 11.3 Å². The number of aromatic nitrogens is 2. The number of ether oxygens (including phenoxy) is 1. The fourth-order valence-corrected chi connectivity index (χ4v) is 4.55. The summed E-state index contributed by atoms with van der Waals surface area (Å²) in [5.74, 6) is 0.0325. The molecule has 0 saturated carbocycles. The highest BCUT2D eigenvalue weighted by atomic mass is 32.2. The summed E-state index contributed by atoms with van der Waals surface area (Å²) in [6.45, 7) is 1.51. The number of nitrogens with one attached hydrogen (secondary N) is 1. The number of hydrogen-bond donors (Lipinski definition) is 1. The second-order valence-electron chi connectivity index (χ2n) is 8.15. The Labute approximate surface area is 198 Å². The number of benzene rings is 2. The summed E-state index contributed by atoms with van der Waals surface area (Å²) in [6.07, 6.45) is 4.14. The maximum atomic E-state index is 12.6. The number of hydrogen-bond acceptors (Lipinski definition) is 5. The van der Waals surface area contributed by atoms with Gasteiger partial charge in [-0.05, 0) is 42.7 Å². The van der Waals surface area contributed by atoms with Crippen molar-refractivity contribution in [1.29, 1.82) is 0 Å². The van der Waals surface area contributed by atoms with Gasteiger partial charge in [-0.15, -0.1) is 0 Å². The molecule has 1 atom stereocenters. The van der Waals surface area contributed by atoms with Crippen LogP contribution in [-0.2, 0) is 16.1 Å². The Kier molecular flexibility index (Phi) is 7.47. The predicted octanol–water partition coefficient (Wildman–Crippen LogP) is 4.16. The number of thioether (sulfide) groups is 1. The van der Waals surface area contributed by atoms with Crippen LogP contribution in [0, 0.1) is 0 Å². The first-order valence-corrected chi connectivity index (χ1v) is 12.0. The molecular formula is C25H28N4O3S. The monoisotopic (exact) mass is 464 g/mol. The summed E-state index contributed by atoms with van der Waals surface area (Å²) >= 11 is 1.41. The van der Waals surface area contributed by atoms with Gasteiger partial charge in [-0.1, -0.05) is 42.1 Å². The first kappa shape index (κ1) is 23.1. The van der Waals surface area contributed by atoms with Gasteiger partial charge in [0.05, 0.1) is 30.3 Å². The van der Waals surface area contributed by atoms with E-state index in [1.54, 1.807) is 38.4 Å². The Hall–Kier alpha value is -3.10. The minimum Gasteiger partial charge on any atom is -0.376 e. The normalized spacial score (nSPS) is 15.4. The Morgan fingerprint density at radius 1 is 1.15 bits per heavy atom. The van der Waals surface area contributed by atoms with Crippen LogP contribution < -0.4 is 5.32 Å². The Balaban J connectivity index is 1.42. The molecule has 8 heteroatoms. The molecular weight excluding hydrogens is 436 g/mol. The van der Waals surface area contributed by atoms with Crippen LogP contribution in [0.1, 0.15) is 23.2 Å². The van der Waals surface area contributed by atoms with Crippen LogP contribution in [0.5, 0.6) is 0 Å². The zero-order chi connectivity index (χ0) is 23.2. The highest BCUT2D eigenvalue weighted by Gasteiger charge is 2.21. The average molecular weight is 465 g/mol. The second kappa shape index (κ2) is 10.7. The third-order valence-electron chi connectivity index (χ3n) is 5.45. The average Bonchev–Trinajstić information content (AvgIpc) is 3.49. The number of nitrogens with zero attached hydrogens (tertiary/aromatic N) is 3. The van der Waals surface area contributed by atoms with Crippen LogP contribution >= 0.6 is 11.8 Å². The van der Waals surface area contributed by atoms with E-state index >= 15 is 0 Å². The van der Waals surface area contributed by atoms with Gasteiger partial charge in [-0.2, -0.15) is 0 Å². The Bertz CT molecular complexity index is 1090. The molecule has 2 aromatic carbocycles. The molecule has 1 saturated heterocycles. The maximum absolute atomic E-state index is 12.6. The van der Waals surface area contributed by atoms with Crippen LogP contribution in [0.4, 0.5) is 5.69 Å². The van der Waals surface area contributed by atoms with Gasteiger partial charge in [0.1, 0.15) is 0 Å². The van der Waals surface area contributed by atoms with Crippen molar-refractivity contribution in [2.45, 2.75) is 30.6 Å². The molecule has 2 amide bonds. The Morgan fingerprint density at radius 3 is 2.58 bits per heavy atom. The van der Waals surface area contributed by atoms with E-state index in [9.17, 15) is 9.59 Å². The molecule has 0 spiro atoms. The number of anilines is 1. The number of amides is 2. The zero-order valence-electron chi connectivity index (χ0n) is 18.9. The van der Waals surface area contributed by atoms with Crippen LogP contribution in [0.3, 0.4) is 0 Å². The minimum atomic E-state index is -0.125. The van der Waals surface area contributed by atoms with E-state index < -0.39 is 0 Å². The lowest BCUT2D eigenvalue weighted by atomic mass is 10.1. The fourth-order valence-electron chi connectivity index (χ4n) is 3.76. The summed E-state index contributed by atoms with van der Waals surface area (Å²) < 4.78 is 8.01. The number of carbonyl (C=O) groups excluding carboxylic acids is 2. The lowest BCUT2D eigenvalue weighted by Gasteiger charge is -2.16. The third-order valence-corrected chi connectivity index (χ3v) is 6.44. The molecule has 1 unspecified atom stereocenters. The molecule has 1 aromatic heterocycles. The second-order valence-corrected chi connectivity index (χ2v) is 9.09. The third kappa shape index (κ3) is 5.83. The van der Waals surface area contributed by atoms with Gasteiger partial charge in [0.15, 0.2) is 5.16 Å². The van der Waals surface area contributed by atoms with Crippen molar-refractivity contribution >= 4 is 29.3 Å². The van der Waals surface area contributed by atoms with Crippen molar-refractivity contribution in [3.8, 4) is 11.3 Å². The van der Waals surface area contributed by atoms with E-state index in [0.717, 1.165) is 42.4 Å². The topological polar surface area (TPSA) is 76.5 Å². The van der Waals surface area contributed by atoms with Crippen molar-refractivity contribution in [2.75, 3.05) is 31.8 Å². The van der Waals surface area contributed by atoms with Crippen LogP contribution in [0.15, 0.2) is 66.0 Å². The van der Waals surface area contributed by atoms with E-state index in [1.165, 1.54) is 16.7 Å². The van der Waals surface area contributed by atoms with Gasteiger partial charge in [0, 0.05) is 32.0 Å². The molecule has 33 heavy (non-hydrogen) atoms. The molecule has 0 aliphatic carbocycles. The molecule has 2 heterocycles. The number of imidazole rings is 1. The van der Waals surface area contributed by atoms with Gasteiger partial charge < -0.3 is 19.5 Å². The molecule has 7 nitrogen and oxygen atoms in total. The van der Waals surface area contributed by atoms with Gasteiger partial charge >= 0.3 is 0 Å². The molecule has 172 valence electrons. The van der Waals surface area contributed by atoms with E-state index in [2.05, 4.69) is 27.0 Å². The van der Waals surface area contributed by atoms with E-state index in [4.69, 9.17) is 4.74 Å². The van der Waals surface area contributed by atoms with Gasteiger partial charge in [-0.3, -0.25) is 9.59 Å². The largest absolute Gasteiger partial charge is 0.376 e. The summed E-state index contributed by atoms with van der Waals surface area (Å²) in [5, 5.41) is 3.69. The van der Waals surface area contributed by atoms with Crippen molar-refractivity contribution < 1.29 is 14.3 Å². The highest BCUT2D eigenvalue weighted by molar-refractivity contribution is 7.99. The molecule has 1 aliphatic heterocycles.